The molecular formula is C11H16BrNO. The van der Waals surface area contributed by atoms with E-state index in [1.807, 2.05) is 12.1 Å². The number of alkyl halides is 1. The van der Waals surface area contributed by atoms with Crippen molar-refractivity contribution in [2.45, 2.75) is 24.7 Å². The maximum atomic E-state index is 5.64. The number of rotatable bonds is 3. The van der Waals surface area contributed by atoms with Crippen molar-refractivity contribution in [1.82, 2.24) is 0 Å². The number of methoxy groups -OCH3 is 1. The molecule has 0 radical (unpaired) electrons. The topological polar surface area (TPSA) is 35.2 Å². The van der Waals surface area contributed by atoms with E-state index in [9.17, 15) is 0 Å². The van der Waals surface area contributed by atoms with Crippen molar-refractivity contribution in [3.05, 3.63) is 29.3 Å². The molecular weight excluding hydrogens is 242 g/mol. The lowest BCUT2D eigenvalue weighted by Gasteiger charge is -2.18. The molecule has 14 heavy (non-hydrogen) atoms. The molecule has 0 aliphatic heterocycles. The van der Waals surface area contributed by atoms with E-state index in [-0.39, 0.29) is 4.32 Å². The Bertz CT molecular complexity index is 318. The van der Waals surface area contributed by atoms with Gasteiger partial charge in [0.1, 0.15) is 5.75 Å². The largest absolute Gasteiger partial charge is 0.496 e. The molecule has 0 saturated heterocycles. The van der Waals surface area contributed by atoms with E-state index in [2.05, 4.69) is 35.8 Å². The van der Waals surface area contributed by atoms with Gasteiger partial charge in [-0.05, 0) is 31.5 Å². The van der Waals surface area contributed by atoms with Crippen molar-refractivity contribution in [1.29, 1.82) is 0 Å². The summed E-state index contributed by atoms with van der Waals surface area (Å²) in [7, 11) is 1.66. The lowest BCUT2D eigenvalue weighted by Crippen LogP contribution is -2.09. The number of nitrogens with two attached hydrogens (primary N) is 1. The van der Waals surface area contributed by atoms with Crippen molar-refractivity contribution >= 4 is 15.9 Å². The lowest BCUT2D eigenvalue weighted by molar-refractivity contribution is 0.409. The summed E-state index contributed by atoms with van der Waals surface area (Å²) in [6.07, 6.45) is 0. The highest BCUT2D eigenvalue weighted by molar-refractivity contribution is 9.09. The first-order chi connectivity index (χ1) is 6.49. The second-order valence-electron chi connectivity index (χ2n) is 3.70. The lowest BCUT2D eigenvalue weighted by atomic mass is 10.00. The van der Waals surface area contributed by atoms with Gasteiger partial charge in [-0.1, -0.05) is 22.0 Å². The standard InChI is InChI=1S/C11H16BrNO/c1-11(2,12)9-4-5-10(14-3)8(6-9)7-13/h4-6H,7,13H2,1-3H3. The Labute approximate surface area is 93.6 Å². The molecule has 1 aromatic rings. The maximum Gasteiger partial charge on any atom is 0.123 e. The fraction of sp³-hybridized carbons (Fsp3) is 0.455. The van der Waals surface area contributed by atoms with Gasteiger partial charge in [-0.2, -0.15) is 0 Å². The molecule has 0 fully saturated rings. The Morgan fingerprint density at radius 3 is 2.50 bits per heavy atom. The zero-order valence-corrected chi connectivity index (χ0v) is 10.4. The van der Waals surface area contributed by atoms with Crippen LogP contribution in [0.25, 0.3) is 0 Å². The molecule has 3 heteroatoms. The van der Waals surface area contributed by atoms with E-state index in [0.29, 0.717) is 6.54 Å². The molecule has 2 nitrogen and oxygen atoms in total. The second-order valence-corrected chi connectivity index (χ2v) is 5.69. The maximum absolute atomic E-state index is 5.64. The second kappa shape index (κ2) is 4.32. The minimum Gasteiger partial charge on any atom is -0.496 e. The molecule has 0 aliphatic carbocycles. The summed E-state index contributed by atoms with van der Waals surface area (Å²) >= 11 is 3.61. The van der Waals surface area contributed by atoms with Gasteiger partial charge in [0.25, 0.3) is 0 Å². The molecule has 0 saturated carbocycles. The van der Waals surface area contributed by atoms with Crippen molar-refractivity contribution in [3.63, 3.8) is 0 Å². The van der Waals surface area contributed by atoms with E-state index in [0.717, 1.165) is 11.3 Å². The van der Waals surface area contributed by atoms with Crippen LogP contribution in [0.1, 0.15) is 25.0 Å². The van der Waals surface area contributed by atoms with Crippen molar-refractivity contribution < 1.29 is 4.74 Å². The van der Waals surface area contributed by atoms with Crippen LogP contribution in [0.2, 0.25) is 0 Å². The van der Waals surface area contributed by atoms with E-state index < -0.39 is 0 Å². The fourth-order valence-corrected chi connectivity index (χ4v) is 1.55. The first kappa shape index (κ1) is 11.5. The molecule has 0 aromatic heterocycles. The van der Waals surface area contributed by atoms with Crippen LogP contribution in [0, 0.1) is 0 Å². The van der Waals surface area contributed by atoms with Crippen LogP contribution in [0.15, 0.2) is 18.2 Å². The summed E-state index contributed by atoms with van der Waals surface area (Å²) in [4.78, 5) is 0. The Morgan fingerprint density at radius 1 is 1.43 bits per heavy atom. The van der Waals surface area contributed by atoms with Gasteiger partial charge in [0, 0.05) is 16.4 Å². The van der Waals surface area contributed by atoms with Gasteiger partial charge in [0.2, 0.25) is 0 Å². The molecule has 1 aromatic carbocycles. The van der Waals surface area contributed by atoms with Crippen LogP contribution in [0.4, 0.5) is 0 Å². The molecule has 2 N–H and O–H groups in total. The van der Waals surface area contributed by atoms with Crippen LogP contribution >= 0.6 is 15.9 Å². The van der Waals surface area contributed by atoms with Gasteiger partial charge in [0.05, 0.1) is 7.11 Å². The quantitative estimate of drug-likeness (QED) is 0.846. The monoisotopic (exact) mass is 257 g/mol. The van der Waals surface area contributed by atoms with Crippen LogP contribution in [0.5, 0.6) is 5.75 Å². The molecule has 0 atom stereocenters. The normalized spacial score (nSPS) is 11.5. The average Bonchev–Trinajstić information content (AvgIpc) is 2.15. The number of hydrogen-bond acceptors (Lipinski definition) is 2. The molecule has 78 valence electrons. The summed E-state index contributed by atoms with van der Waals surface area (Å²) in [5.74, 6) is 0.855. The zero-order valence-electron chi connectivity index (χ0n) is 8.80. The van der Waals surface area contributed by atoms with E-state index in [4.69, 9.17) is 10.5 Å². The molecule has 0 unspecified atom stereocenters. The highest BCUT2D eigenvalue weighted by Gasteiger charge is 2.17. The molecule has 0 aliphatic rings. The number of ether oxygens (including phenoxy) is 1. The summed E-state index contributed by atoms with van der Waals surface area (Å²) in [6.45, 7) is 4.71. The first-order valence-corrected chi connectivity index (χ1v) is 5.34. The minimum absolute atomic E-state index is 0.0246. The smallest absolute Gasteiger partial charge is 0.123 e. The van der Waals surface area contributed by atoms with E-state index in [1.165, 1.54) is 5.56 Å². The third-order valence-electron chi connectivity index (χ3n) is 2.19. The highest BCUT2D eigenvalue weighted by atomic mass is 79.9. The van der Waals surface area contributed by atoms with Gasteiger partial charge in [-0.25, -0.2) is 0 Å². The van der Waals surface area contributed by atoms with Crippen LogP contribution < -0.4 is 10.5 Å². The highest BCUT2D eigenvalue weighted by Crippen LogP contribution is 2.32. The molecule has 0 bridgehead atoms. The predicted octanol–water partition coefficient (Wildman–Crippen LogP) is 2.78. The van der Waals surface area contributed by atoms with E-state index in [1.54, 1.807) is 7.11 Å². The van der Waals surface area contributed by atoms with Gasteiger partial charge < -0.3 is 10.5 Å². The van der Waals surface area contributed by atoms with Crippen LogP contribution in [-0.2, 0) is 10.9 Å². The van der Waals surface area contributed by atoms with Gasteiger partial charge >= 0.3 is 0 Å². The third-order valence-corrected chi connectivity index (χ3v) is 2.64. The predicted molar refractivity (Wildman–Crippen MR) is 62.8 cm³/mol. The summed E-state index contributed by atoms with van der Waals surface area (Å²) in [5.41, 5.74) is 7.89. The molecule has 1 rings (SSSR count). The Hall–Kier alpha value is -0.540. The molecule has 0 heterocycles. The van der Waals surface area contributed by atoms with Crippen LogP contribution in [-0.4, -0.2) is 7.11 Å². The summed E-state index contributed by atoms with van der Waals surface area (Å²) in [6, 6.07) is 6.08. The van der Waals surface area contributed by atoms with Gasteiger partial charge in [-0.15, -0.1) is 0 Å². The number of hydrogen-bond donors (Lipinski definition) is 1. The van der Waals surface area contributed by atoms with Gasteiger partial charge in [-0.3, -0.25) is 0 Å². The van der Waals surface area contributed by atoms with Crippen molar-refractivity contribution in [3.8, 4) is 5.75 Å². The Kier molecular flexibility index (Phi) is 3.56. The van der Waals surface area contributed by atoms with Gasteiger partial charge in [0.15, 0.2) is 0 Å². The van der Waals surface area contributed by atoms with Crippen LogP contribution in [0.3, 0.4) is 0 Å². The number of benzene rings is 1. The van der Waals surface area contributed by atoms with Crippen molar-refractivity contribution in [2.24, 2.45) is 5.73 Å². The zero-order chi connectivity index (χ0) is 10.8. The fourth-order valence-electron chi connectivity index (χ4n) is 1.31. The number of halogens is 1. The summed E-state index contributed by atoms with van der Waals surface area (Å²) in [5, 5.41) is 0. The first-order valence-electron chi connectivity index (χ1n) is 4.55. The summed E-state index contributed by atoms with van der Waals surface area (Å²) < 4.78 is 5.18. The van der Waals surface area contributed by atoms with E-state index >= 15 is 0 Å². The minimum atomic E-state index is -0.0246. The SMILES string of the molecule is COc1ccc(C(C)(C)Br)cc1CN. The average molecular weight is 258 g/mol. The Morgan fingerprint density at radius 2 is 2.07 bits per heavy atom. The molecule has 0 spiro atoms. The molecule has 0 amide bonds. The van der Waals surface area contributed by atoms with Crippen molar-refractivity contribution in [2.75, 3.05) is 7.11 Å². The third kappa shape index (κ3) is 2.49. The Balaban J connectivity index is 3.14.